The van der Waals surface area contributed by atoms with Crippen molar-refractivity contribution in [3.05, 3.63) is 42.0 Å². The first-order chi connectivity index (χ1) is 8.61. The fourth-order valence-corrected chi connectivity index (χ4v) is 1.91. The largest absolute Gasteiger partial charge is 0.308 e. The minimum Gasteiger partial charge on any atom is -0.308 e. The van der Waals surface area contributed by atoms with E-state index in [1.54, 1.807) is 0 Å². The molecule has 0 saturated carbocycles. The number of nitrogens with zero attached hydrogens (tertiary/aromatic N) is 2. The summed E-state index contributed by atoms with van der Waals surface area (Å²) in [7, 11) is 6.44. The second kappa shape index (κ2) is 8.06. The highest BCUT2D eigenvalue weighted by atomic mass is 15.1. The standard InChI is InChI=1S/C16H26N2/c1-5-15-8-6-9-16(14-15)10-7-11-18(4)13-12-17(2)3/h5-6,8-9,14H,1,7,10-13H2,2-4H3. The molecule has 0 heterocycles. The lowest BCUT2D eigenvalue weighted by atomic mass is 10.1. The van der Waals surface area contributed by atoms with Crippen LogP contribution in [0.3, 0.4) is 0 Å². The van der Waals surface area contributed by atoms with Gasteiger partial charge in [-0.2, -0.15) is 0 Å². The normalized spacial score (nSPS) is 11.2. The lowest BCUT2D eigenvalue weighted by Crippen LogP contribution is -2.29. The highest BCUT2D eigenvalue weighted by Crippen LogP contribution is 2.08. The molecule has 0 amide bonds. The predicted molar refractivity (Wildman–Crippen MR) is 80.9 cm³/mol. The molecule has 0 radical (unpaired) electrons. The van der Waals surface area contributed by atoms with E-state index in [9.17, 15) is 0 Å². The van der Waals surface area contributed by atoms with E-state index < -0.39 is 0 Å². The van der Waals surface area contributed by atoms with Gasteiger partial charge in [-0.25, -0.2) is 0 Å². The number of hydrogen-bond acceptors (Lipinski definition) is 2. The molecule has 1 aromatic carbocycles. The van der Waals surface area contributed by atoms with Crippen molar-refractivity contribution in [2.45, 2.75) is 12.8 Å². The molecule has 100 valence electrons. The van der Waals surface area contributed by atoms with Gasteiger partial charge in [0, 0.05) is 13.1 Å². The molecule has 0 aliphatic carbocycles. The van der Waals surface area contributed by atoms with Crippen LogP contribution in [0.25, 0.3) is 6.08 Å². The molecule has 0 unspecified atom stereocenters. The molecule has 0 N–H and O–H groups in total. The van der Waals surface area contributed by atoms with Gasteiger partial charge < -0.3 is 9.80 Å². The third kappa shape index (κ3) is 5.99. The van der Waals surface area contributed by atoms with E-state index in [-0.39, 0.29) is 0 Å². The number of hydrogen-bond donors (Lipinski definition) is 0. The van der Waals surface area contributed by atoms with Crippen LogP contribution in [-0.2, 0) is 6.42 Å². The molecule has 1 rings (SSSR count). The van der Waals surface area contributed by atoms with Crippen molar-refractivity contribution in [1.29, 1.82) is 0 Å². The van der Waals surface area contributed by atoms with Crippen LogP contribution < -0.4 is 0 Å². The van der Waals surface area contributed by atoms with Crippen LogP contribution in [0, 0.1) is 0 Å². The topological polar surface area (TPSA) is 6.48 Å². The molecular weight excluding hydrogens is 220 g/mol. The first-order valence-electron chi connectivity index (χ1n) is 6.66. The molecule has 0 aromatic heterocycles. The number of likely N-dealkylation sites (N-methyl/N-ethyl adjacent to an activating group) is 2. The quantitative estimate of drug-likeness (QED) is 0.696. The summed E-state index contributed by atoms with van der Waals surface area (Å²) in [5.74, 6) is 0. The van der Waals surface area contributed by atoms with Gasteiger partial charge in [-0.05, 0) is 51.7 Å². The predicted octanol–water partition coefficient (Wildman–Crippen LogP) is 2.76. The minimum absolute atomic E-state index is 1.13. The van der Waals surface area contributed by atoms with Crippen molar-refractivity contribution in [2.24, 2.45) is 0 Å². The number of aryl methyl sites for hydroxylation is 1. The van der Waals surface area contributed by atoms with Gasteiger partial charge in [0.2, 0.25) is 0 Å². The van der Waals surface area contributed by atoms with Crippen molar-refractivity contribution >= 4 is 6.08 Å². The van der Waals surface area contributed by atoms with Gasteiger partial charge in [-0.1, -0.05) is 36.9 Å². The Hall–Kier alpha value is -1.12. The zero-order chi connectivity index (χ0) is 13.4. The lowest BCUT2D eigenvalue weighted by molar-refractivity contribution is 0.280. The highest BCUT2D eigenvalue weighted by Gasteiger charge is 2.00. The Kier molecular flexibility index (Phi) is 6.69. The van der Waals surface area contributed by atoms with E-state index in [1.165, 1.54) is 17.5 Å². The van der Waals surface area contributed by atoms with E-state index >= 15 is 0 Å². The summed E-state index contributed by atoms with van der Waals surface area (Å²) in [6, 6.07) is 8.64. The van der Waals surface area contributed by atoms with Crippen LogP contribution >= 0.6 is 0 Å². The third-order valence-corrected chi connectivity index (χ3v) is 3.12. The summed E-state index contributed by atoms with van der Waals surface area (Å²) in [5.41, 5.74) is 2.63. The van der Waals surface area contributed by atoms with Crippen molar-refractivity contribution in [3.8, 4) is 0 Å². The molecule has 2 heteroatoms. The van der Waals surface area contributed by atoms with Crippen molar-refractivity contribution in [1.82, 2.24) is 9.80 Å². The second-order valence-electron chi connectivity index (χ2n) is 5.16. The Morgan fingerprint density at radius 1 is 1.11 bits per heavy atom. The SMILES string of the molecule is C=Cc1cccc(CCCN(C)CCN(C)C)c1. The van der Waals surface area contributed by atoms with Crippen molar-refractivity contribution < 1.29 is 0 Å². The molecule has 0 fully saturated rings. The molecule has 18 heavy (non-hydrogen) atoms. The van der Waals surface area contributed by atoms with Gasteiger partial charge in [0.05, 0.1) is 0 Å². The Labute approximate surface area is 112 Å². The first kappa shape index (κ1) is 14.9. The van der Waals surface area contributed by atoms with Gasteiger partial charge in [-0.15, -0.1) is 0 Å². The Balaban J connectivity index is 2.26. The summed E-state index contributed by atoms with van der Waals surface area (Å²) >= 11 is 0. The van der Waals surface area contributed by atoms with Crippen LogP contribution in [0.5, 0.6) is 0 Å². The third-order valence-electron chi connectivity index (χ3n) is 3.12. The molecule has 2 nitrogen and oxygen atoms in total. The maximum absolute atomic E-state index is 3.81. The maximum atomic E-state index is 3.81. The fraction of sp³-hybridized carbons (Fsp3) is 0.500. The average molecular weight is 246 g/mol. The van der Waals surface area contributed by atoms with Crippen LogP contribution in [-0.4, -0.2) is 50.6 Å². The fourth-order valence-electron chi connectivity index (χ4n) is 1.91. The highest BCUT2D eigenvalue weighted by molar-refractivity contribution is 5.47. The van der Waals surface area contributed by atoms with Crippen molar-refractivity contribution in [3.63, 3.8) is 0 Å². The van der Waals surface area contributed by atoms with Crippen LogP contribution in [0.2, 0.25) is 0 Å². The summed E-state index contributed by atoms with van der Waals surface area (Å²) in [6.07, 6.45) is 4.27. The number of benzene rings is 1. The van der Waals surface area contributed by atoms with E-state index in [0.29, 0.717) is 0 Å². The molecule has 0 aliphatic heterocycles. The van der Waals surface area contributed by atoms with E-state index in [1.807, 2.05) is 6.08 Å². The molecule has 0 aliphatic rings. The molecule has 0 atom stereocenters. The minimum atomic E-state index is 1.13. The van der Waals surface area contributed by atoms with Gasteiger partial charge in [0.15, 0.2) is 0 Å². The number of rotatable bonds is 8. The molecular formula is C16H26N2. The molecule has 0 bridgehead atoms. The van der Waals surface area contributed by atoms with E-state index in [0.717, 1.165) is 26.1 Å². The van der Waals surface area contributed by atoms with Crippen LogP contribution in [0.1, 0.15) is 17.5 Å². The van der Waals surface area contributed by atoms with E-state index in [4.69, 9.17) is 0 Å². The van der Waals surface area contributed by atoms with Gasteiger partial charge in [0.1, 0.15) is 0 Å². The molecule has 0 spiro atoms. The first-order valence-corrected chi connectivity index (χ1v) is 6.66. The summed E-state index contributed by atoms with van der Waals surface area (Å²) in [6.45, 7) is 7.23. The van der Waals surface area contributed by atoms with E-state index in [2.05, 4.69) is 61.8 Å². The Morgan fingerprint density at radius 2 is 1.89 bits per heavy atom. The summed E-state index contributed by atoms with van der Waals surface area (Å²) in [4.78, 5) is 4.63. The zero-order valence-corrected chi connectivity index (χ0v) is 12.0. The summed E-state index contributed by atoms with van der Waals surface area (Å²) < 4.78 is 0. The molecule has 1 aromatic rings. The van der Waals surface area contributed by atoms with Crippen molar-refractivity contribution in [2.75, 3.05) is 40.8 Å². The van der Waals surface area contributed by atoms with Crippen LogP contribution in [0.15, 0.2) is 30.8 Å². The van der Waals surface area contributed by atoms with Gasteiger partial charge in [0.25, 0.3) is 0 Å². The molecule has 0 saturated heterocycles. The van der Waals surface area contributed by atoms with Crippen LogP contribution in [0.4, 0.5) is 0 Å². The smallest absolute Gasteiger partial charge is 0.0106 e. The van der Waals surface area contributed by atoms with Gasteiger partial charge >= 0.3 is 0 Å². The Bertz CT molecular complexity index is 358. The Morgan fingerprint density at radius 3 is 2.56 bits per heavy atom. The zero-order valence-electron chi connectivity index (χ0n) is 12.0. The monoisotopic (exact) mass is 246 g/mol. The average Bonchev–Trinajstić information content (AvgIpc) is 2.36. The lowest BCUT2D eigenvalue weighted by Gasteiger charge is -2.19. The second-order valence-corrected chi connectivity index (χ2v) is 5.16. The summed E-state index contributed by atoms with van der Waals surface area (Å²) in [5, 5.41) is 0. The van der Waals surface area contributed by atoms with Gasteiger partial charge in [-0.3, -0.25) is 0 Å². The maximum Gasteiger partial charge on any atom is 0.0106 e.